The van der Waals surface area contributed by atoms with E-state index in [0.29, 0.717) is 0 Å². The van der Waals surface area contributed by atoms with Crippen molar-refractivity contribution in [2.24, 2.45) is 11.1 Å². The Labute approximate surface area is 82.3 Å². The smallest absolute Gasteiger partial charge is 0.216 e. The molecule has 0 aliphatic carbocycles. The zero-order chi connectivity index (χ0) is 9.90. The highest BCUT2D eigenvalue weighted by molar-refractivity contribution is 7.99. The highest BCUT2D eigenvalue weighted by Crippen LogP contribution is 2.23. The standard InChI is InChI=1S/C7H13NO3S2/c8-13(10,11)5-7(9)6-1-3-12-4-2-6/h6H,1-5H2,(H2,8,10,11). The fourth-order valence-corrected chi connectivity index (χ4v) is 3.07. The summed E-state index contributed by atoms with van der Waals surface area (Å²) in [7, 11) is -3.63. The van der Waals surface area contributed by atoms with Gasteiger partial charge in [-0.3, -0.25) is 4.79 Å². The molecule has 4 nitrogen and oxygen atoms in total. The van der Waals surface area contributed by atoms with Gasteiger partial charge in [-0.2, -0.15) is 11.8 Å². The normalized spacial score (nSPS) is 20.1. The molecule has 0 aromatic rings. The molecule has 1 heterocycles. The zero-order valence-corrected chi connectivity index (χ0v) is 8.86. The summed E-state index contributed by atoms with van der Waals surface area (Å²) in [5, 5.41) is 4.79. The van der Waals surface area contributed by atoms with Crippen LogP contribution in [0, 0.1) is 5.92 Å². The van der Waals surface area contributed by atoms with Crippen LogP contribution in [0.4, 0.5) is 0 Å². The molecule has 1 aliphatic rings. The molecule has 13 heavy (non-hydrogen) atoms. The molecular formula is C7H13NO3S2. The Balaban J connectivity index is 2.47. The summed E-state index contributed by atoms with van der Waals surface area (Å²) in [4.78, 5) is 11.3. The summed E-state index contributed by atoms with van der Waals surface area (Å²) in [5.41, 5.74) is 0. The van der Waals surface area contributed by atoms with Crippen LogP contribution in [0.3, 0.4) is 0 Å². The van der Waals surface area contributed by atoms with Gasteiger partial charge in [0.1, 0.15) is 5.75 Å². The first kappa shape index (κ1) is 11.0. The van der Waals surface area contributed by atoms with Gasteiger partial charge in [-0.05, 0) is 24.3 Å². The minimum atomic E-state index is -3.63. The molecule has 0 saturated carbocycles. The first-order valence-corrected chi connectivity index (χ1v) is 6.97. The largest absolute Gasteiger partial charge is 0.298 e. The van der Waals surface area contributed by atoms with Gasteiger partial charge in [0.15, 0.2) is 5.78 Å². The third-order valence-electron chi connectivity index (χ3n) is 2.02. The molecule has 1 saturated heterocycles. The molecule has 1 rings (SSSR count). The van der Waals surface area contributed by atoms with E-state index in [4.69, 9.17) is 5.14 Å². The fraction of sp³-hybridized carbons (Fsp3) is 0.857. The second kappa shape index (κ2) is 4.43. The average Bonchev–Trinajstić information content (AvgIpc) is 2.03. The van der Waals surface area contributed by atoms with E-state index in [1.807, 2.05) is 0 Å². The summed E-state index contributed by atoms with van der Waals surface area (Å²) >= 11 is 1.80. The van der Waals surface area contributed by atoms with Crippen molar-refractivity contribution in [1.82, 2.24) is 0 Å². The molecule has 2 N–H and O–H groups in total. The number of thioether (sulfide) groups is 1. The number of nitrogens with two attached hydrogens (primary N) is 1. The number of carbonyl (C=O) groups is 1. The van der Waals surface area contributed by atoms with E-state index in [1.165, 1.54) is 0 Å². The summed E-state index contributed by atoms with van der Waals surface area (Å²) < 4.78 is 21.3. The number of primary sulfonamides is 1. The lowest BCUT2D eigenvalue weighted by molar-refractivity contribution is -0.120. The summed E-state index contributed by atoms with van der Waals surface area (Å²) in [5.74, 6) is 1.09. The number of hydrogen-bond acceptors (Lipinski definition) is 4. The van der Waals surface area contributed by atoms with Crippen molar-refractivity contribution in [1.29, 1.82) is 0 Å². The van der Waals surface area contributed by atoms with E-state index in [2.05, 4.69) is 0 Å². The Hall–Kier alpha value is -0.0700. The van der Waals surface area contributed by atoms with Crippen LogP contribution in [-0.2, 0) is 14.8 Å². The van der Waals surface area contributed by atoms with Crippen molar-refractivity contribution < 1.29 is 13.2 Å². The second-order valence-corrected chi connectivity index (χ2v) is 6.00. The van der Waals surface area contributed by atoms with E-state index < -0.39 is 15.8 Å². The molecule has 1 fully saturated rings. The Morgan fingerprint density at radius 1 is 1.38 bits per heavy atom. The maximum Gasteiger partial charge on any atom is 0.216 e. The molecule has 0 atom stereocenters. The van der Waals surface area contributed by atoms with Crippen LogP contribution in [0.25, 0.3) is 0 Å². The van der Waals surface area contributed by atoms with Crippen LogP contribution in [0.5, 0.6) is 0 Å². The number of rotatable bonds is 3. The average molecular weight is 223 g/mol. The molecule has 0 spiro atoms. The number of sulfonamides is 1. The Kier molecular flexibility index (Phi) is 3.75. The van der Waals surface area contributed by atoms with Crippen molar-refractivity contribution in [3.63, 3.8) is 0 Å². The van der Waals surface area contributed by atoms with Crippen LogP contribution < -0.4 is 5.14 Å². The molecule has 0 bridgehead atoms. The lowest BCUT2D eigenvalue weighted by Crippen LogP contribution is -2.30. The van der Waals surface area contributed by atoms with Crippen LogP contribution in [0.15, 0.2) is 0 Å². The van der Waals surface area contributed by atoms with Crippen molar-refractivity contribution in [3.05, 3.63) is 0 Å². The molecule has 0 radical (unpaired) electrons. The third kappa shape index (κ3) is 4.10. The SMILES string of the molecule is NS(=O)(=O)CC(=O)C1CCSCC1. The number of Topliss-reactive ketones (excluding diaryl/α,β-unsaturated/α-hetero) is 1. The second-order valence-electron chi connectivity index (χ2n) is 3.16. The van der Waals surface area contributed by atoms with E-state index in [9.17, 15) is 13.2 Å². The molecule has 6 heteroatoms. The number of hydrogen-bond donors (Lipinski definition) is 1. The summed E-state index contributed by atoms with van der Waals surface area (Å²) in [6, 6.07) is 0. The molecule has 76 valence electrons. The van der Waals surface area contributed by atoms with Gasteiger partial charge in [-0.15, -0.1) is 0 Å². The number of ketones is 1. The van der Waals surface area contributed by atoms with E-state index in [1.54, 1.807) is 11.8 Å². The van der Waals surface area contributed by atoms with Gasteiger partial charge in [-0.25, -0.2) is 13.6 Å². The molecule has 1 aliphatic heterocycles. The van der Waals surface area contributed by atoms with E-state index in [-0.39, 0.29) is 11.7 Å². The summed E-state index contributed by atoms with van der Waals surface area (Å²) in [6.45, 7) is 0. The predicted molar refractivity (Wildman–Crippen MR) is 53.0 cm³/mol. The van der Waals surface area contributed by atoms with Gasteiger partial charge in [0, 0.05) is 5.92 Å². The maximum atomic E-state index is 11.3. The Morgan fingerprint density at radius 2 is 1.92 bits per heavy atom. The predicted octanol–water partition coefficient (Wildman–Crippen LogP) is -0.0128. The number of carbonyl (C=O) groups excluding carboxylic acids is 1. The van der Waals surface area contributed by atoms with Gasteiger partial charge >= 0.3 is 0 Å². The summed E-state index contributed by atoms with van der Waals surface area (Å²) in [6.07, 6.45) is 1.58. The first-order valence-electron chi connectivity index (χ1n) is 4.10. The lowest BCUT2D eigenvalue weighted by Gasteiger charge is -2.19. The van der Waals surface area contributed by atoms with Crippen molar-refractivity contribution in [2.75, 3.05) is 17.3 Å². The fourth-order valence-electron chi connectivity index (χ4n) is 1.34. The van der Waals surface area contributed by atoms with Gasteiger partial charge < -0.3 is 0 Å². The van der Waals surface area contributed by atoms with E-state index in [0.717, 1.165) is 24.3 Å². The van der Waals surface area contributed by atoms with Crippen LogP contribution in [0.2, 0.25) is 0 Å². The topological polar surface area (TPSA) is 77.2 Å². The molecule has 0 unspecified atom stereocenters. The minimum Gasteiger partial charge on any atom is -0.298 e. The monoisotopic (exact) mass is 223 g/mol. The highest BCUT2D eigenvalue weighted by Gasteiger charge is 2.24. The van der Waals surface area contributed by atoms with Crippen molar-refractivity contribution >= 4 is 27.6 Å². The molecule has 0 aromatic heterocycles. The van der Waals surface area contributed by atoms with E-state index >= 15 is 0 Å². The zero-order valence-electron chi connectivity index (χ0n) is 7.23. The van der Waals surface area contributed by atoms with Gasteiger partial charge in [0.25, 0.3) is 0 Å². The highest BCUT2D eigenvalue weighted by atomic mass is 32.2. The van der Waals surface area contributed by atoms with Crippen molar-refractivity contribution in [3.8, 4) is 0 Å². The Morgan fingerprint density at radius 3 is 2.38 bits per heavy atom. The third-order valence-corrected chi connectivity index (χ3v) is 3.76. The van der Waals surface area contributed by atoms with Crippen LogP contribution in [0.1, 0.15) is 12.8 Å². The van der Waals surface area contributed by atoms with Gasteiger partial charge in [0.05, 0.1) is 0 Å². The lowest BCUT2D eigenvalue weighted by atomic mass is 9.99. The minimum absolute atomic E-state index is 0.0837. The first-order chi connectivity index (χ1) is 5.99. The Bertz CT molecular complexity index is 280. The molecular weight excluding hydrogens is 210 g/mol. The van der Waals surface area contributed by atoms with Gasteiger partial charge in [-0.1, -0.05) is 0 Å². The quantitative estimate of drug-likeness (QED) is 0.730. The van der Waals surface area contributed by atoms with Crippen LogP contribution >= 0.6 is 11.8 Å². The van der Waals surface area contributed by atoms with Crippen LogP contribution in [-0.4, -0.2) is 31.5 Å². The molecule has 0 amide bonds. The molecule has 0 aromatic carbocycles. The van der Waals surface area contributed by atoms with Crippen molar-refractivity contribution in [2.45, 2.75) is 12.8 Å². The van der Waals surface area contributed by atoms with Gasteiger partial charge in [0.2, 0.25) is 10.0 Å². The maximum absolute atomic E-state index is 11.3.